The Morgan fingerprint density at radius 3 is 2.61 bits per heavy atom. The molecule has 1 unspecified atom stereocenters. The summed E-state index contributed by atoms with van der Waals surface area (Å²) in [5.74, 6) is 0.889. The summed E-state index contributed by atoms with van der Waals surface area (Å²) in [4.78, 5) is 6.75. The minimum absolute atomic E-state index is 0.153. The Kier molecular flexibility index (Phi) is 6.28. The Morgan fingerprint density at radius 1 is 1.22 bits per heavy atom. The van der Waals surface area contributed by atoms with E-state index in [1.807, 2.05) is 7.05 Å². The van der Waals surface area contributed by atoms with E-state index >= 15 is 0 Å². The Bertz CT molecular complexity index is 492. The van der Waals surface area contributed by atoms with Crippen LogP contribution in [-0.2, 0) is 0 Å². The van der Waals surface area contributed by atoms with Crippen LogP contribution in [0.2, 0.25) is 0 Å². The predicted molar refractivity (Wildman–Crippen MR) is 99.3 cm³/mol. The van der Waals surface area contributed by atoms with Gasteiger partial charge in [-0.15, -0.1) is 0 Å². The van der Waals surface area contributed by atoms with Crippen molar-refractivity contribution in [1.82, 2.24) is 16.0 Å². The zero-order chi connectivity index (χ0) is 16.7. The first-order valence-electron chi connectivity index (χ1n) is 8.50. The number of rotatable bonds is 5. The van der Waals surface area contributed by atoms with Crippen LogP contribution in [0.25, 0.3) is 0 Å². The van der Waals surface area contributed by atoms with Gasteiger partial charge in [-0.2, -0.15) is 0 Å². The first kappa shape index (κ1) is 17.6. The maximum Gasteiger partial charge on any atom is 0.191 e. The molecule has 1 aromatic rings. The summed E-state index contributed by atoms with van der Waals surface area (Å²) in [6.45, 7) is 10.4. The number of guanidine groups is 1. The number of nitrogens with zero attached hydrogens (tertiary/aromatic N) is 2. The molecule has 23 heavy (non-hydrogen) atoms. The number of anilines is 1. The van der Waals surface area contributed by atoms with Gasteiger partial charge in [0.2, 0.25) is 0 Å². The zero-order valence-electron chi connectivity index (χ0n) is 14.9. The average Bonchev–Trinajstić information content (AvgIpc) is 2.99. The number of nitrogens with one attached hydrogen (secondary N) is 3. The quantitative estimate of drug-likeness (QED) is 0.440. The molecule has 1 atom stereocenters. The maximum absolute atomic E-state index is 4.33. The van der Waals surface area contributed by atoms with Crippen LogP contribution in [0.15, 0.2) is 35.3 Å². The van der Waals surface area contributed by atoms with Crippen LogP contribution in [0.5, 0.6) is 0 Å². The molecule has 0 bridgehead atoms. The van der Waals surface area contributed by atoms with Crippen molar-refractivity contribution in [3.63, 3.8) is 0 Å². The third kappa shape index (κ3) is 6.10. The lowest BCUT2D eigenvalue weighted by molar-refractivity contribution is 0.428. The lowest BCUT2D eigenvalue weighted by atomic mass is 10.1. The second-order valence-corrected chi connectivity index (χ2v) is 7.09. The van der Waals surface area contributed by atoms with E-state index in [1.165, 1.54) is 5.69 Å². The van der Waals surface area contributed by atoms with E-state index in [2.05, 4.69) is 76.9 Å². The van der Waals surface area contributed by atoms with Crippen LogP contribution in [0, 0.1) is 0 Å². The van der Waals surface area contributed by atoms with Crippen molar-refractivity contribution < 1.29 is 0 Å². The summed E-state index contributed by atoms with van der Waals surface area (Å²) in [5.41, 5.74) is 1.45. The van der Waals surface area contributed by atoms with Gasteiger partial charge in [0.25, 0.3) is 0 Å². The molecule has 0 radical (unpaired) electrons. The fraction of sp³-hybridized carbons (Fsp3) is 0.611. The topological polar surface area (TPSA) is 51.7 Å². The average molecular weight is 317 g/mol. The normalized spacial score (nSPS) is 19.0. The third-order valence-corrected chi connectivity index (χ3v) is 3.95. The van der Waals surface area contributed by atoms with Gasteiger partial charge in [-0.05, 0) is 39.3 Å². The van der Waals surface area contributed by atoms with E-state index in [1.54, 1.807) is 0 Å². The monoisotopic (exact) mass is 317 g/mol. The molecular formula is C18H31N5. The highest BCUT2D eigenvalue weighted by Crippen LogP contribution is 2.19. The number of para-hydroxylation sites is 1. The number of hydrogen-bond acceptors (Lipinski definition) is 3. The van der Waals surface area contributed by atoms with Crippen LogP contribution >= 0.6 is 0 Å². The van der Waals surface area contributed by atoms with Crippen molar-refractivity contribution in [3.8, 4) is 0 Å². The van der Waals surface area contributed by atoms with Gasteiger partial charge in [0, 0.05) is 50.5 Å². The molecule has 0 aromatic heterocycles. The first-order valence-corrected chi connectivity index (χ1v) is 8.50. The van der Waals surface area contributed by atoms with Gasteiger partial charge < -0.3 is 20.9 Å². The summed E-state index contributed by atoms with van der Waals surface area (Å²) in [6.07, 6.45) is 1.13. The van der Waals surface area contributed by atoms with Crippen LogP contribution in [-0.4, -0.2) is 50.8 Å². The largest absolute Gasteiger partial charge is 0.369 e. The van der Waals surface area contributed by atoms with Crippen molar-refractivity contribution >= 4 is 11.6 Å². The van der Waals surface area contributed by atoms with Crippen molar-refractivity contribution in [2.75, 3.05) is 38.1 Å². The number of aliphatic imine (C=N–C) groups is 1. The van der Waals surface area contributed by atoms with Gasteiger partial charge in [-0.1, -0.05) is 18.2 Å². The zero-order valence-corrected chi connectivity index (χ0v) is 14.9. The van der Waals surface area contributed by atoms with E-state index in [4.69, 9.17) is 0 Å². The summed E-state index contributed by atoms with van der Waals surface area (Å²) in [5, 5.41) is 10.4. The molecule has 5 nitrogen and oxygen atoms in total. The SMILES string of the molecule is CN=C(NCCNC(C)(C)C)NC1CCN(c2ccccc2)C1. The van der Waals surface area contributed by atoms with Gasteiger partial charge >= 0.3 is 0 Å². The van der Waals surface area contributed by atoms with E-state index in [0.717, 1.165) is 38.6 Å². The highest BCUT2D eigenvalue weighted by molar-refractivity contribution is 5.80. The number of benzene rings is 1. The summed E-state index contributed by atoms with van der Waals surface area (Å²) in [7, 11) is 1.83. The van der Waals surface area contributed by atoms with Crippen molar-refractivity contribution in [1.29, 1.82) is 0 Å². The number of hydrogen-bond donors (Lipinski definition) is 3. The molecular weight excluding hydrogens is 286 g/mol. The van der Waals surface area contributed by atoms with Crippen molar-refractivity contribution in [2.24, 2.45) is 4.99 Å². The van der Waals surface area contributed by atoms with Crippen molar-refractivity contribution in [3.05, 3.63) is 30.3 Å². The second-order valence-electron chi connectivity index (χ2n) is 7.09. The van der Waals surface area contributed by atoms with Crippen LogP contribution in [0.1, 0.15) is 27.2 Å². The smallest absolute Gasteiger partial charge is 0.191 e. The Morgan fingerprint density at radius 2 is 1.96 bits per heavy atom. The lowest BCUT2D eigenvalue weighted by Crippen LogP contribution is -2.47. The van der Waals surface area contributed by atoms with Crippen LogP contribution in [0.3, 0.4) is 0 Å². The molecule has 0 spiro atoms. The molecule has 1 saturated heterocycles. The third-order valence-electron chi connectivity index (χ3n) is 3.95. The minimum atomic E-state index is 0.153. The molecule has 2 rings (SSSR count). The summed E-state index contributed by atoms with van der Waals surface area (Å²) in [6, 6.07) is 11.0. The molecule has 1 aromatic carbocycles. The lowest BCUT2D eigenvalue weighted by Gasteiger charge is -2.22. The molecule has 1 fully saturated rings. The van der Waals surface area contributed by atoms with Gasteiger partial charge in [0.15, 0.2) is 5.96 Å². The standard InChI is InChI=1S/C18H31N5/c1-18(2,3)21-12-11-20-17(19-4)22-15-10-13-23(14-15)16-8-6-5-7-9-16/h5-9,15,21H,10-14H2,1-4H3,(H2,19,20,22). The highest BCUT2D eigenvalue weighted by Gasteiger charge is 2.23. The first-order chi connectivity index (χ1) is 11.0. The van der Waals surface area contributed by atoms with E-state index in [9.17, 15) is 0 Å². The molecule has 1 heterocycles. The molecule has 128 valence electrons. The predicted octanol–water partition coefficient (Wildman–Crippen LogP) is 1.82. The molecule has 1 aliphatic heterocycles. The molecule has 3 N–H and O–H groups in total. The van der Waals surface area contributed by atoms with Gasteiger partial charge in [-0.3, -0.25) is 4.99 Å². The van der Waals surface area contributed by atoms with Crippen LogP contribution in [0.4, 0.5) is 5.69 Å². The van der Waals surface area contributed by atoms with E-state index in [0.29, 0.717) is 6.04 Å². The molecule has 0 amide bonds. The van der Waals surface area contributed by atoms with E-state index in [-0.39, 0.29) is 5.54 Å². The van der Waals surface area contributed by atoms with Crippen molar-refractivity contribution in [2.45, 2.75) is 38.8 Å². The molecule has 0 saturated carbocycles. The van der Waals surface area contributed by atoms with Gasteiger partial charge in [-0.25, -0.2) is 0 Å². The van der Waals surface area contributed by atoms with Gasteiger partial charge in [0.1, 0.15) is 0 Å². The second kappa shape index (κ2) is 8.20. The fourth-order valence-corrected chi connectivity index (χ4v) is 2.76. The highest BCUT2D eigenvalue weighted by atomic mass is 15.2. The molecule has 5 heteroatoms. The summed E-state index contributed by atoms with van der Waals surface area (Å²) < 4.78 is 0. The Hall–Kier alpha value is -1.75. The van der Waals surface area contributed by atoms with Gasteiger partial charge in [0.05, 0.1) is 0 Å². The maximum atomic E-state index is 4.33. The fourth-order valence-electron chi connectivity index (χ4n) is 2.76. The minimum Gasteiger partial charge on any atom is -0.369 e. The Labute approximate surface area is 140 Å². The summed E-state index contributed by atoms with van der Waals surface area (Å²) >= 11 is 0. The molecule has 0 aliphatic carbocycles. The van der Waals surface area contributed by atoms with E-state index < -0.39 is 0 Å². The van der Waals surface area contributed by atoms with Crippen LogP contribution < -0.4 is 20.9 Å². The Balaban J connectivity index is 1.73. The molecule has 1 aliphatic rings.